The second-order valence-electron chi connectivity index (χ2n) is 4.04. The third-order valence-electron chi connectivity index (χ3n) is 2.64. The molecule has 0 fully saturated rings. The number of nitrogens with two attached hydrogens (primary N) is 1. The van der Waals surface area contributed by atoms with Crippen molar-refractivity contribution in [3.05, 3.63) is 51.5 Å². The number of amides is 1. The van der Waals surface area contributed by atoms with E-state index < -0.39 is 0 Å². The van der Waals surface area contributed by atoms with Gasteiger partial charge in [0, 0.05) is 15.2 Å². The highest BCUT2D eigenvalue weighted by Gasteiger charge is 2.14. The fourth-order valence-electron chi connectivity index (χ4n) is 1.69. The van der Waals surface area contributed by atoms with Crippen LogP contribution in [0.25, 0.3) is 0 Å². The Kier molecular flexibility index (Phi) is 4.52. The number of nitrogens with one attached hydrogen (secondary N) is 1. The molecule has 1 amide bonds. The molecule has 0 aromatic heterocycles. The molecule has 0 bridgehead atoms. The number of ether oxygens (including phenoxy) is 1. The Morgan fingerprint density at radius 3 is 2.75 bits per heavy atom. The molecule has 2 aromatic rings. The fraction of sp³-hybridized carbons (Fsp3) is 0.0714. The molecule has 0 unspecified atom stereocenters. The second kappa shape index (κ2) is 6.15. The first-order valence-corrected chi connectivity index (χ1v) is 6.88. The van der Waals surface area contributed by atoms with E-state index in [0.717, 1.165) is 4.47 Å². The molecule has 0 aliphatic rings. The number of hydrogen-bond donors (Lipinski definition) is 2. The second-order valence-corrected chi connectivity index (χ2v) is 5.33. The van der Waals surface area contributed by atoms with Crippen LogP contribution in [0.4, 0.5) is 11.4 Å². The van der Waals surface area contributed by atoms with Crippen LogP contribution in [0.3, 0.4) is 0 Å². The van der Waals surface area contributed by atoms with Crippen LogP contribution < -0.4 is 15.8 Å². The van der Waals surface area contributed by atoms with Gasteiger partial charge < -0.3 is 15.8 Å². The number of halogens is 2. The summed E-state index contributed by atoms with van der Waals surface area (Å²) in [6, 6.07) is 10.0. The fourth-order valence-corrected chi connectivity index (χ4v) is 2.20. The number of carbonyl (C=O) groups excluding carboxylic acids is 1. The maximum absolute atomic E-state index is 12.3. The van der Waals surface area contributed by atoms with Crippen molar-refractivity contribution in [1.82, 2.24) is 0 Å². The number of rotatable bonds is 3. The highest BCUT2D eigenvalue weighted by Crippen LogP contribution is 2.27. The summed E-state index contributed by atoms with van der Waals surface area (Å²) < 4.78 is 5.89. The van der Waals surface area contributed by atoms with E-state index in [-0.39, 0.29) is 5.91 Å². The molecule has 104 valence electrons. The standard InChI is InChI=1S/C14H12BrClN2O2/c1-20-13-5-2-8(16)6-10(13)14(19)18-12-7-9(17)3-4-11(12)15/h2-7H,17H2,1H3,(H,18,19). The van der Waals surface area contributed by atoms with E-state index in [2.05, 4.69) is 21.2 Å². The van der Waals surface area contributed by atoms with Gasteiger partial charge in [-0.15, -0.1) is 0 Å². The monoisotopic (exact) mass is 354 g/mol. The maximum atomic E-state index is 12.3. The molecular weight excluding hydrogens is 344 g/mol. The highest BCUT2D eigenvalue weighted by molar-refractivity contribution is 9.10. The molecular formula is C14H12BrClN2O2. The topological polar surface area (TPSA) is 64.3 Å². The van der Waals surface area contributed by atoms with Crippen LogP contribution in [0, 0.1) is 0 Å². The van der Waals surface area contributed by atoms with E-state index in [1.54, 1.807) is 36.4 Å². The zero-order valence-corrected chi connectivity index (χ0v) is 13.0. The zero-order chi connectivity index (χ0) is 14.7. The van der Waals surface area contributed by atoms with Crippen LogP contribution in [0.1, 0.15) is 10.4 Å². The predicted octanol–water partition coefficient (Wildman–Crippen LogP) is 3.95. The van der Waals surface area contributed by atoms with E-state index in [4.69, 9.17) is 22.1 Å². The van der Waals surface area contributed by atoms with Crippen molar-refractivity contribution in [2.75, 3.05) is 18.2 Å². The summed E-state index contributed by atoms with van der Waals surface area (Å²) in [5.41, 5.74) is 7.20. The lowest BCUT2D eigenvalue weighted by Crippen LogP contribution is -2.13. The summed E-state index contributed by atoms with van der Waals surface area (Å²) in [7, 11) is 1.50. The lowest BCUT2D eigenvalue weighted by atomic mass is 10.1. The van der Waals surface area contributed by atoms with Gasteiger partial charge in [-0.3, -0.25) is 4.79 Å². The average molecular weight is 356 g/mol. The number of anilines is 2. The molecule has 0 radical (unpaired) electrons. The molecule has 3 N–H and O–H groups in total. The largest absolute Gasteiger partial charge is 0.496 e. The van der Waals surface area contributed by atoms with Crippen molar-refractivity contribution in [1.29, 1.82) is 0 Å². The summed E-state index contributed by atoms with van der Waals surface area (Å²) in [6.07, 6.45) is 0. The molecule has 0 spiro atoms. The quantitative estimate of drug-likeness (QED) is 0.820. The molecule has 0 aliphatic carbocycles. The summed E-state index contributed by atoms with van der Waals surface area (Å²) in [5.74, 6) is 0.127. The van der Waals surface area contributed by atoms with Crippen LogP contribution in [-0.4, -0.2) is 13.0 Å². The Morgan fingerprint density at radius 2 is 2.05 bits per heavy atom. The van der Waals surface area contributed by atoms with E-state index >= 15 is 0 Å². The van der Waals surface area contributed by atoms with Gasteiger partial charge in [0.15, 0.2) is 0 Å². The van der Waals surface area contributed by atoms with E-state index in [1.807, 2.05) is 0 Å². The van der Waals surface area contributed by atoms with Crippen LogP contribution in [0.2, 0.25) is 5.02 Å². The van der Waals surface area contributed by atoms with Gasteiger partial charge in [0.1, 0.15) is 5.75 Å². The SMILES string of the molecule is COc1ccc(Cl)cc1C(=O)Nc1cc(N)ccc1Br. The first-order chi connectivity index (χ1) is 9.51. The molecule has 0 aliphatic heterocycles. The Hall–Kier alpha value is -1.72. The Labute approximate surface area is 130 Å². The Bertz CT molecular complexity index is 662. The molecule has 0 atom stereocenters. The summed E-state index contributed by atoms with van der Waals surface area (Å²) >= 11 is 9.27. The number of benzene rings is 2. The van der Waals surface area contributed by atoms with Crippen molar-refractivity contribution in [2.45, 2.75) is 0 Å². The summed E-state index contributed by atoms with van der Waals surface area (Å²) in [5, 5.41) is 3.23. The number of nitrogen functional groups attached to an aromatic ring is 1. The summed E-state index contributed by atoms with van der Waals surface area (Å²) in [4.78, 5) is 12.3. The molecule has 0 saturated carbocycles. The first kappa shape index (κ1) is 14.7. The van der Waals surface area contributed by atoms with E-state index in [0.29, 0.717) is 27.7 Å². The number of methoxy groups -OCH3 is 1. The minimum Gasteiger partial charge on any atom is -0.496 e. The highest BCUT2D eigenvalue weighted by atomic mass is 79.9. The molecule has 2 aromatic carbocycles. The van der Waals surface area contributed by atoms with Crippen LogP contribution in [-0.2, 0) is 0 Å². The zero-order valence-electron chi connectivity index (χ0n) is 10.6. The summed E-state index contributed by atoms with van der Waals surface area (Å²) in [6.45, 7) is 0. The normalized spacial score (nSPS) is 10.2. The molecule has 20 heavy (non-hydrogen) atoms. The van der Waals surface area contributed by atoms with Gasteiger partial charge in [0.25, 0.3) is 5.91 Å². The van der Waals surface area contributed by atoms with Gasteiger partial charge in [0.2, 0.25) is 0 Å². The molecule has 0 heterocycles. The minimum atomic E-state index is -0.323. The smallest absolute Gasteiger partial charge is 0.259 e. The minimum absolute atomic E-state index is 0.323. The lowest BCUT2D eigenvalue weighted by molar-refractivity contribution is 0.102. The van der Waals surface area contributed by atoms with E-state index in [1.165, 1.54) is 7.11 Å². The van der Waals surface area contributed by atoms with Crippen LogP contribution in [0.15, 0.2) is 40.9 Å². The van der Waals surface area contributed by atoms with Gasteiger partial charge >= 0.3 is 0 Å². The van der Waals surface area contributed by atoms with Crippen molar-refractivity contribution in [2.24, 2.45) is 0 Å². The van der Waals surface area contributed by atoms with Gasteiger partial charge in [-0.2, -0.15) is 0 Å². The van der Waals surface area contributed by atoms with Crippen molar-refractivity contribution >= 4 is 44.8 Å². The van der Waals surface area contributed by atoms with Gasteiger partial charge in [-0.25, -0.2) is 0 Å². The third-order valence-corrected chi connectivity index (χ3v) is 3.57. The van der Waals surface area contributed by atoms with Gasteiger partial charge in [-0.05, 0) is 52.3 Å². The lowest BCUT2D eigenvalue weighted by Gasteiger charge is -2.11. The predicted molar refractivity (Wildman–Crippen MR) is 84.5 cm³/mol. The number of carbonyl (C=O) groups is 1. The van der Waals surface area contributed by atoms with Gasteiger partial charge in [-0.1, -0.05) is 11.6 Å². The molecule has 4 nitrogen and oxygen atoms in total. The Balaban J connectivity index is 2.32. The van der Waals surface area contributed by atoms with Gasteiger partial charge in [0.05, 0.1) is 18.4 Å². The van der Waals surface area contributed by atoms with Crippen molar-refractivity contribution < 1.29 is 9.53 Å². The molecule has 0 saturated heterocycles. The molecule has 6 heteroatoms. The maximum Gasteiger partial charge on any atom is 0.259 e. The third kappa shape index (κ3) is 3.23. The molecule has 2 rings (SSSR count). The Morgan fingerprint density at radius 1 is 1.30 bits per heavy atom. The number of hydrogen-bond acceptors (Lipinski definition) is 3. The van der Waals surface area contributed by atoms with Crippen molar-refractivity contribution in [3.63, 3.8) is 0 Å². The van der Waals surface area contributed by atoms with E-state index in [9.17, 15) is 4.79 Å². The van der Waals surface area contributed by atoms with Crippen LogP contribution >= 0.6 is 27.5 Å². The first-order valence-electron chi connectivity index (χ1n) is 5.71. The van der Waals surface area contributed by atoms with Crippen molar-refractivity contribution in [3.8, 4) is 5.75 Å². The van der Waals surface area contributed by atoms with Crippen LogP contribution in [0.5, 0.6) is 5.75 Å². The average Bonchev–Trinajstić information content (AvgIpc) is 2.42.